The fraction of sp³-hybridized carbons (Fsp3) is 0.409. The van der Waals surface area contributed by atoms with E-state index in [0.717, 1.165) is 24.2 Å². The summed E-state index contributed by atoms with van der Waals surface area (Å²) in [6.07, 6.45) is 3.85. The van der Waals surface area contributed by atoms with Crippen molar-refractivity contribution in [2.75, 3.05) is 23.7 Å². The summed E-state index contributed by atoms with van der Waals surface area (Å²) >= 11 is 0. The van der Waals surface area contributed by atoms with Crippen LogP contribution in [0.2, 0.25) is 0 Å². The summed E-state index contributed by atoms with van der Waals surface area (Å²) < 4.78 is 25.3. The Bertz CT molecular complexity index is 960. The third kappa shape index (κ3) is 4.51. The summed E-state index contributed by atoms with van der Waals surface area (Å²) in [5, 5.41) is 8.95. The maximum atomic E-state index is 13.0. The number of pyridine rings is 1. The van der Waals surface area contributed by atoms with Gasteiger partial charge >= 0.3 is 0 Å². The van der Waals surface area contributed by atoms with Gasteiger partial charge in [0.25, 0.3) is 0 Å². The Labute approximate surface area is 177 Å². The molecule has 2 fully saturated rings. The van der Waals surface area contributed by atoms with Gasteiger partial charge in [-0.05, 0) is 42.7 Å². The molecule has 2 saturated heterocycles. The van der Waals surface area contributed by atoms with Crippen LogP contribution < -0.4 is 4.90 Å². The number of rotatable bonds is 6. The molecule has 1 amide bonds. The monoisotopic (exact) mass is 426 g/mol. The fourth-order valence-corrected chi connectivity index (χ4v) is 5.39. The number of nitrogens with zero attached hydrogens (tertiary/aromatic N) is 4. The average molecular weight is 427 g/mol. The van der Waals surface area contributed by atoms with Gasteiger partial charge in [-0.15, -0.1) is 0 Å². The number of hydrogen-bond donors (Lipinski definition) is 0. The van der Waals surface area contributed by atoms with E-state index < -0.39 is 10.8 Å². The second-order valence-electron chi connectivity index (χ2n) is 7.77. The van der Waals surface area contributed by atoms with Crippen LogP contribution in [0.4, 0.5) is 10.2 Å². The smallest absolute Gasteiger partial charge is 0.223 e. The number of fused-ring (bicyclic) bond motifs is 2. The minimum absolute atomic E-state index is 0.0341. The SMILES string of the molecule is N#Cc1ccc(N2C3CCC2CN(C(=O)CCS(=O)Cc2ccc(F)cc2)C3)nc1. The molecule has 3 unspecified atom stereocenters. The van der Waals surface area contributed by atoms with Gasteiger partial charge in [0.2, 0.25) is 5.91 Å². The van der Waals surface area contributed by atoms with E-state index in [-0.39, 0.29) is 30.2 Å². The molecule has 2 bridgehead atoms. The van der Waals surface area contributed by atoms with Crippen LogP contribution in [0.1, 0.15) is 30.4 Å². The first-order valence-corrected chi connectivity index (χ1v) is 11.5. The normalized spacial score (nSPS) is 21.3. The highest BCUT2D eigenvalue weighted by Gasteiger charge is 2.41. The zero-order valence-electron chi connectivity index (χ0n) is 16.5. The molecule has 0 saturated carbocycles. The molecule has 2 aliphatic heterocycles. The van der Waals surface area contributed by atoms with Gasteiger partial charge in [0.15, 0.2) is 0 Å². The van der Waals surface area contributed by atoms with Crippen molar-refractivity contribution in [2.24, 2.45) is 0 Å². The van der Waals surface area contributed by atoms with Crippen LogP contribution in [0.25, 0.3) is 0 Å². The van der Waals surface area contributed by atoms with Gasteiger partial charge in [-0.3, -0.25) is 9.00 Å². The van der Waals surface area contributed by atoms with Crippen LogP contribution in [0.5, 0.6) is 0 Å². The number of benzene rings is 1. The van der Waals surface area contributed by atoms with E-state index in [1.54, 1.807) is 24.4 Å². The second kappa shape index (κ2) is 8.92. The number of carbonyl (C=O) groups is 1. The van der Waals surface area contributed by atoms with Crippen LogP contribution in [0.15, 0.2) is 42.6 Å². The highest BCUT2D eigenvalue weighted by Crippen LogP contribution is 2.34. The van der Waals surface area contributed by atoms with E-state index in [4.69, 9.17) is 5.26 Å². The predicted molar refractivity (Wildman–Crippen MR) is 113 cm³/mol. The second-order valence-corrected chi connectivity index (χ2v) is 9.35. The Morgan fingerprint density at radius 2 is 1.87 bits per heavy atom. The molecule has 2 aliphatic rings. The average Bonchev–Trinajstić information content (AvgIpc) is 3.02. The van der Waals surface area contributed by atoms with Gasteiger partial charge in [-0.25, -0.2) is 9.37 Å². The van der Waals surface area contributed by atoms with Crippen LogP contribution >= 0.6 is 0 Å². The molecule has 2 aromatic rings. The standard InChI is InChI=1S/C22H23FN4O2S/c23-18-4-1-16(2-5-18)15-30(29)10-9-22(28)26-13-19-6-7-20(14-26)27(19)21-8-3-17(11-24)12-25-21/h1-5,8,12,19-20H,6-7,9-10,13-15H2. The van der Waals surface area contributed by atoms with E-state index in [0.29, 0.717) is 30.2 Å². The molecule has 8 heteroatoms. The van der Waals surface area contributed by atoms with Crippen molar-refractivity contribution in [1.82, 2.24) is 9.88 Å². The lowest BCUT2D eigenvalue weighted by Crippen LogP contribution is -2.55. The summed E-state index contributed by atoms with van der Waals surface area (Å²) in [5.41, 5.74) is 1.34. The highest BCUT2D eigenvalue weighted by molar-refractivity contribution is 7.84. The molecule has 30 heavy (non-hydrogen) atoms. The molecule has 0 aliphatic carbocycles. The molecular weight excluding hydrogens is 403 g/mol. The Morgan fingerprint density at radius 3 is 2.47 bits per heavy atom. The minimum Gasteiger partial charge on any atom is -0.347 e. The number of hydrogen-bond acceptors (Lipinski definition) is 5. The number of amides is 1. The lowest BCUT2D eigenvalue weighted by Gasteiger charge is -2.41. The van der Waals surface area contributed by atoms with Crippen molar-refractivity contribution in [1.29, 1.82) is 5.26 Å². The first kappa shape index (κ1) is 20.5. The molecule has 4 rings (SSSR count). The lowest BCUT2D eigenvalue weighted by molar-refractivity contribution is -0.131. The zero-order valence-corrected chi connectivity index (χ0v) is 17.4. The number of piperazine rings is 1. The lowest BCUT2D eigenvalue weighted by atomic mass is 10.1. The summed E-state index contributed by atoms with van der Waals surface area (Å²) in [6.45, 7) is 1.28. The molecule has 156 valence electrons. The molecular formula is C22H23FN4O2S. The topological polar surface area (TPSA) is 77.3 Å². The Balaban J connectivity index is 1.30. The van der Waals surface area contributed by atoms with Gasteiger partial charge in [0.05, 0.1) is 5.56 Å². The molecule has 3 heterocycles. The maximum Gasteiger partial charge on any atom is 0.223 e. The molecule has 3 atom stereocenters. The van der Waals surface area contributed by atoms with Crippen molar-refractivity contribution in [3.8, 4) is 6.07 Å². The molecule has 0 spiro atoms. The quantitative estimate of drug-likeness (QED) is 0.710. The van der Waals surface area contributed by atoms with Crippen LogP contribution in [0.3, 0.4) is 0 Å². The van der Waals surface area contributed by atoms with Crippen LogP contribution in [0, 0.1) is 17.1 Å². The van der Waals surface area contributed by atoms with E-state index >= 15 is 0 Å². The fourth-order valence-electron chi connectivity index (χ4n) is 4.28. The predicted octanol–water partition coefficient (Wildman–Crippen LogP) is 2.61. The molecule has 1 aromatic carbocycles. The number of carbonyl (C=O) groups excluding carboxylic acids is 1. The molecule has 1 aromatic heterocycles. The van der Waals surface area contributed by atoms with Crippen LogP contribution in [-0.4, -0.2) is 50.9 Å². The first-order chi connectivity index (χ1) is 14.5. The van der Waals surface area contributed by atoms with Gasteiger partial charge < -0.3 is 9.80 Å². The number of halogens is 1. The summed E-state index contributed by atoms with van der Waals surface area (Å²) in [7, 11) is -1.16. The number of nitriles is 1. The zero-order chi connectivity index (χ0) is 21.1. The number of aromatic nitrogens is 1. The Kier molecular flexibility index (Phi) is 6.09. The van der Waals surface area contributed by atoms with Crippen molar-refractivity contribution in [2.45, 2.75) is 37.1 Å². The maximum absolute atomic E-state index is 13.0. The van der Waals surface area contributed by atoms with Crippen molar-refractivity contribution < 1.29 is 13.4 Å². The Hall–Kier alpha value is -2.79. The molecule has 0 N–H and O–H groups in total. The molecule has 0 radical (unpaired) electrons. The third-order valence-electron chi connectivity index (χ3n) is 5.76. The Morgan fingerprint density at radius 1 is 1.17 bits per heavy atom. The molecule has 6 nitrogen and oxygen atoms in total. The minimum atomic E-state index is -1.16. The van der Waals surface area contributed by atoms with E-state index in [1.165, 1.54) is 12.1 Å². The first-order valence-electron chi connectivity index (χ1n) is 10.0. The summed E-state index contributed by atoms with van der Waals surface area (Å²) in [4.78, 5) is 21.3. The van der Waals surface area contributed by atoms with E-state index in [2.05, 4.69) is 16.0 Å². The van der Waals surface area contributed by atoms with Crippen molar-refractivity contribution in [3.63, 3.8) is 0 Å². The van der Waals surface area contributed by atoms with Gasteiger partial charge in [0.1, 0.15) is 17.7 Å². The highest BCUT2D eigenvalue weighted by atomic mass is 32.2. The van der Waals surface area contributed by atoms with E-state index in [9.17, 15) is 13.4 Å². The van der Waals surface area contributed by atoms with E-state index in [1.807, 2.05) is 11.0 Å². The number of likely N-dealkylation sites (tertiary alicyclic amines) is 1. The largest absolute Gasteiger partial charge is 0.347 e. The van der Waals surface area contributed by atoms with Crippen molar-refractivity contribution in [3.05, 3.63) is 59.5 Å². The van der Waals surface area contributed by atoms with Crippen LogP contribution in [-0.2, 0) is 21.3 Å². The van der Waals surface area contributed by atoms with Gasteiger partial charge in [-0.2, -0.15) is 5.26 Å². The van der Waals surface area contributed by atoms with Gasteiger partial charge in [0, 0.05) is 60.1 Å². The summed E-state index contributed by atoms with van der Waals surface area (Å²) in [5.74, 6) is 1.21. The summed E-state index contributed by atoms with van der Waals surface area (Å²) in [6, 6.07) is 12.1. The third-order valence-corrected chi connectivity index (χ3v) is 7.08. The van der Waals surface area contributed by atoms with Gasteiger partial charge in [-0.1, -0.05) is 12.1 Å². The number of anilines is 1. The van der Waals surface area contributed by atoms with Crippen molar-refractivity contribution >= 4 is 22.5 Å².